The summed E-state index contributed by atoms with van der Waals surface area (Å²) in [4.78, 5) is 2.34. The van der Waals surface area contributed by atoms with E-state index < -0.39 is 0 Å². The second-order valence-electron chi connectivity index (χ2n) is 3.96. The molecule has 86 valence electrons. The van der Waals surface area contributed by atoms with Gasteiger partial charge in [0.1, 0.15) is 0 Å². The molecule has 2 rings (SSSR count). The zero-order valence-electron chi connectivity index (χ0n) is 9.23. The fourth-order valence-corrected chi connectivity index (χ4v) is 2.06. The smallest absolute Gasteiger partial charge is 0.0952 e. The number of hydrogen-bond acceptors (Lipinski definition) is 2. The van der Waals surface area contributed by atoms with Crippen LogP contribution >= 0.6 is 11.6 Å². The van der Waals surface area contributed by atoms with E-state index in [1.165, 1.54) is 5.56 Å². The number of halogens is 1. The van der Waals surface area contributed by atoms with E-state index in [-0.39, 0.29) is 6.10 Å². The first-order chi connectivity index (χ1) is 7.79. The van der Waals surface area contributed by atoms with Crippen LogP contribution in [0.4, 0.5) is 0 Å². The van der Waals surface area contributed by atoms with Crippen molar-refractivity contribution < 1.29 is 4.74 Å². The van der Waals surface area contributed by atoms with Gasteiger partial charge in [-0.05, 0) is 17.7 Å². The molecule has 0 spiro atoms. The van der Waals surface area contributed by atoms with Crippen LogP contribution in [0.5, 0.6) is 0 Å². The Hall–Kier alpha value is -0.830. The third-order valence-corrected chi connectivity index (χ3v) is 3.03. The van der Waals surface area contributed by atoms with Gasteiger partial charge in [0.2, 0.25) is 0 Å². The maximum Gasteiger partial charge on any atom is 0.0952 e. The number of morpholine rings is 1. The molecule has 2 nitrogen and oxygen atoms in total. The average Bonchev–Trinajstić information content (AvgIpc) is 2.31. The zero-order valence-corrected chi connectivity index (χ0v) is 9.99. The third-order valence-electron chi connectivity index (χ3n) is 2.78. The normalized spacial score (nSPS) is 21.9. The molecular weight excluding hydrogens is 222 g/mol. The topological polar surface area (TPSA) is 12.5 Å². The van der Waals surface area contributed by atoms with Crippen LogP contribution in [0.2, 0.25) is 5.02 Å². The SMILES string of the molecule is C=CCN1CCO[C@@H](c2ccc(Cl)cc2)C1. The van der Waals surface area contributed by atoms with Crippen molar-refractivity contribution in [2.75, 3.05) is 26.2 Å². The third kappa shape index (κ3) is 2.85. The fourth-order valence-electron chi connectivity index (χ4n) is 1.93. The highest BCUT2D eigenvalue weighted by Gasteiger charge is 2.20. The summed E-state index contributed by atoms with van der Waals surface area (Å²) >= 11 is 5.86. The fraction of sp³-hybridized carbons (Fsp3) is 0.385. The molecule has 0 radical (unpaired) electrons. The number of benzene rings is 1. The van der Waals surface area contributed by atoms with Gasteiger partial charge in [0.05, 0.1) is 12.7 Å². The van der Waals surface area contributed by atoms with Gasteiger partial charge in [-0.3, -0.25) is 4.90 Å². The minimum absolute atomic E-state index is 0.158. The minimum Gasteiger partial charge on any atom is -0.371 e. The van der Waals surface area contributed by atoms with Gasteiger partial charge in [-0.2, -0.15) is 0 Å². The van der Waals surface area contributed by atoms with Gasteiger partial charge in [0.25, 0.3) is 0 Å². The predicted molar refractivity (Wildman–Crippen MR) is 66.8 cm³/mol. The van der Waals surface area contributed by atoms with Gasteiger partial charge >= 0.3 is 0 Å². The van der Waals surface area contributed by atoms with E-state index in [2.05, 4.69) is 11.5 Å². The van der Waals surface area contributed by atoms with Crippen molar-refractivity contribution in [1.82, 2.24) is 4.90 Å². The molecule has 16 heavy (non-hydrogen) atoms. The number of nitrogens with zero attached hydrogens (tertiary/aromatic N) is 1. The molecule has 0 aromatic heterocycles. The van der Waals surface area contributed by atoms with Crippen LogP contribution in [0, 0.1) is 0 Å². The molecule has 1 aliphatic rings. The summed E-state index contributed by atoms with van der Waals surface area (Å²) in [6, 6.07) is 7.88. The van der Waals surface area contributed by atoms with E-state index >= 15 is 0 Å². The van der Waals surface area contributed by atoms with E-state index in [4.69, 9.17) is 16.3 Å². The Kier molecular flexibility index (Phi) is 3.99. The molecule has 0 saturated carbocycles. The summed E-state index contributed by atoms with van der Waals surface area (Å²) in [5.41, 5.74) is 1.19. The first kappa shape index (κ1) is 11.6. The predicted octanol–water partition coefficient (Wildman–Crippen LogP) is 2.90. The molecular formula is C13H16ClNO. The number of hydrogen-bond donors (Lipinski definition) is 0. The molecule has 1 fully saturated rings. The Balaban J connectivity index is 2.03. The van der Waals surface area contributed by atoms with Crippen molar-refractivity contribution in [3.05, 3.63) is 47.5 Å². The van der Waals surface area contributed by atoms with E-state index in [1.807, 2.05) is 30.3 Å². The van der Waals surface area contributed by atoms with Crippen molar-refractivity contribution in [3.8, 4) is 0 Å². The molecule has 1 aliphatic heterocycles. The van der Waals surface area contributed by atoms with Crippen molar-refractivity contribution in [2.45, 2.75) is 6.10 Å². The van der Waals surface area contributed by atoms with Crippen molar-refractivity contribution in [1.29, 1.82) is 0 Å². The summed E-state index contributed by atoms with van der Waals surface area (Å²) in [5, 5.41) is 0.766. The Morgan fingerprint density at radius 2 is 2.19 bits per heavy atom. The molecule has 0 amide bonds. The van der Waals surface area contributed by atoms with E-state index in [9.17, 15) is 0 Å². The Morgan fingerprint density at radius 3 is 2.88 bits per heavy atom. The quantitative estimate of drug-likeness (QED) is 0.750. The van der Waals surface area contributed by atoms with Gasteiger partial charge in [0, 0.05) is 24.7 Å². The van der Waals surface area contributed by atoms with Gasteiger partial charge in [-0.25, -0.2) is 0 Å². The van der Waals surface area contributed by atoms with Gasteiger partial charge in [-0.15, -0.1) is 6.58 Å². The zero-order chi connectivity index (χ0) is 11.4. The molecule has 0 N–H and O–H groups in total. The van der Waals surface area contributed by atoms with Crippen LogP contribution in [-0.4, -0.2) is 31.1 Å². The lowest BCUT2D eigenvalue weighted by atomic mass is 10.1. The molecule has 0 aliphatic carbocycles. The van der Waals surface area contributed by atoms with Crippen molar-refractivity contribution >= 4 is 11.6 Å². The van der Waals surface area contributed by atoms with Gasteiger partial charge in [0.15, 0.2) is 0 Å². The summed E-state index contributed by atoms with van der Waals surface area (Å²) in [6.45, 7) is 7.37. The van der Waals surface area contributed by atoms with Crippen molar-refractivity contribution in [2.24, 2.45) is 0 Å². The van der Waals surface area contributed by atoms with E-state index in [0.29, 0.717) is 0 Å². The van der Waals surface area contributed by atoms with Crippen LogP contribution < -0.4 is 0 Å². The van der Waals surface area contributed by atoms with Crippen LogP contribution in [-0.2, 0) is 4.74 Å². The second-order valence-corrected chi connectivity index (χ2v) is 4.40. The molecule has 1 saturated heterocycles. The summed E-state index contributed by atoms with van der Waals surface area (Å²) in [5.74, 6) is 0. The second kappa shape index (κ2) is 5.48. The lowest BCUT2D eigenvalue weighted by molar-refractivity contribution is -0.0260. The van der Waals surface area contributed by atoms with Gasteiger partial charge in [-0.1, -0.05) is 29.8 Å². The van der Waals surface area contributed by atoms with Crippen molar-refractivity contribution in [3.63, 3.8) is 0 Å². The lowest BCUT2D eigenvalue weighted by Gasteiger charge is -2.32. The van der Waals surface area contributed by atoms with E-state index in [0.717, 1.165) is 31.3 Å². The number of ether oxygens (including phenoxy) is 1. The highest BCUT2D eigenvalue weighted by molar-refractivity contribution is 6.30. The largest absolute Gasteiger partial charge is 0.371 e. The highest BCUT2D eigenvalue weighted by atomic mass is 35.5. The number of rotatable bonds is 3. The van der Waals surface area contributed by atoms with Gasteiger partial charge < -0.3 is 4.74 Å². The molecule has 0 unspecified atom stereocenters. The molecule has 1 heterocycles. The van der Waals surface area contributed by atoms with Crippen LogP contribution in [0.1, 0.15) is 11.7 Å². The Morgan fingerprint density at radius 1 is 1.44 bits per heavy atom. The molecule has 0 bridgehead atoms. The standard InChI is InChI=1S/C13H16ClNO/c1-2-7-15-8-9-16-13(10-15)11-3-5-12(14)6-4-11/h2-6,13H,1,7-10H2/t13-/m1/s1. The molecule has 1 aromatic carbocycles. The molecule has 3 heteroatoms. The lowest BCUT2D eigenvalue weighted by Crippen LogP contribution is -2.38. The highest BCUT2D eigenvalue weighted by Crippen LogP contribution is 2.23. The molecule has 1 aromatic rings. The summed E-state index contributed by atoms with van der Waals surface area (Å²) < 4.78 is 5.76. The minimum atomic E-state index is 0.158. The maximum absolute atomic E-state index is 5.86. The first-order valence-electron chi connectivity index (χ1n) is 5.50. The van der Waals surface area contributed by atoms with Crippen LogP contribution in [0.3, 0.4) is 0 Å². The summed E-state index contributed by atoms with van der Waals surface area (Å²) in [6.07, 6.45) is 2.09. The maximum atomic E-state index is 5.86. The first-order valence-corrected chi connectivity index (χ1v) is 5.87. The summed E-state index contributed by atoms with van der Waals surface area (Å²) in [7, 11) is 0. The molecule has 1 atom stereocenters. The van der Waals surface area contributed by atoms with Crippen LogP contribution in [0.25, 0.3) is 0 Å². The average molecular weight is 238 g/mol. The Bertz CT molecular complexity index is 349. The monoisotopic (exact) mass is 237 g/mol. The van der Waals surface area contributed by atoms with Crippen LogP contribution in [0.15, 0.2) is 36.9 Å². The Labute approximate surface area is 101 Å². The van der Waals surface area contributed by atoms with E-state index in [1.54, 1.807) is 0 Å².